The average Bonchev–Trinajstić information content (AvgIpc) is 2.68. The Kier molecular flexibility index (Phi) is 7.95. The lowest BCUT2D eigenvalue weighted by molar-refractivity contribution is -0.150. The molecule has 0 aliphatic carbocycles. The Morgan fingerprint density at radius 2 is 1.79 bits per heavy atom. The molecule has 28 heavy (non-hydrogen) atoms. The molecule has 2 N–H and O–H groups in total. The molecule has 2 rings (SSSR count). The van der Waals surface area contributed by atoms with E-state index >= 15 is 0 Å². The fourth-order valence-corrected chi connectivity index (χ4v) is 2.42. The van der Waals surface area contributed by atoms with E-state index in [1.165, 1.54) is 25.1 Å². The van der Waals surface area contributed by atoms with E-state index in [2.05, 4.69) is 10.6 Å². The first-order chi connectivity index (χ1) is 13.4. The molecule has 6 nitrogen and oxygen atoms in total. The number of halogens is 2. The number of nitrogens with one attached hydrogen (secondary N) is 2. The van der Waals surface area contributed by atoms with Gasteiger partial charge in [-0.2, -0.15) is 0 Å². The van der Waals surface area contributed by atoms with Crippen LogP contribution in [0.25, 0.3) is 0 Å². The van der Waals surface area contributed by atoms with E-state index in [9.17, 15) is 18.8 Å². The third-order valence-corrected chi connectivity index (χ3v) is 4.08. The van der Waals surface area contributed by atoms with Gasteiger partial charge in [0.2, 0.25) is 0 Å². The SMILES string of the molecule is C[C@H](NC(=O)c1ccc(Cl)cc1)C(=O)OCC(=O)NCCc1ccccc1F. The van der Waals surface area contributed by atoms with Crippen LogP contribution < -0.4 is 10.6 Å². The zero-order valence-electron chi connectivity index (χ0n) is 15.2. The van der Waals surface area contributed by atoms with Crippen LogP contribution in [0.15, 0.2) is 48.5 Å². The van der Waals surface area contributed by atoms with Gasteiger partial charge in [-0.1, -0.05) is 29.8 Å². The zero-order chi connectivity index (χ0) is 20.5. The maximum Gasteiger partial charge on any atom is 0.328 e. The normalized spacial score (nSPS) is 11.4. The number of hydrogen-bond donors (Lipinski definition) is 2. The maximum absolute atomic E-state index is 13.5. The number of rotatable bonds is 8. The molecule has 0 aliphatic heterocycles. The molecule has 8 heteroatoms. The van der Waals surface area contributed by atoms with Gasteiger partial charge in [-0.05, 0) is 49.2 Å². The van der Waals surface area contributed by atoms with Gasteiger partial charge in [0, 0.05) is 17.1 Å². The summed E-state index contributed by atoms with van der Waals surface area (Å²) >= 11 is 5.76. The van der Waals surface area contributed by atoms with Crippen LogP contribution in [0, 0.1) is 5.82 Å². The van der Waals surface area contributed by atoms with Gasteiger partial charge in [-0.15, -0.1) is 0 Å². The van der Waals surface area contributed by atoms with Crippen molar-refractivity contribution in [1.29, 1.82) is 0 Å². The predicted octanol–water partition coefficient (Wildman–Crippen LogP) is 2.50. The molecular formula is C20H20ClFN2O4. The van der Waals surface area contributed by atoms with E-state index in [0.29, 0.717) is 22.6 Å². The first-order valence-corrected chi connectivity index (χ1v) is 8.98. The molecule has 0 saturated carbocycles. The average molecular weight is 407 g/mol. The predicted molar refractivity (Wildman–Crippen MR) is 102 cm³/mol. The van der Waals surface area contributed by atoms with Gasteiger partial charge in [-0.3, -0.25) is 9.59 Å². The zero-order valence-corrected chi connectivity index (χ0v) is 16.0. The highest BCUT2D eigenvalue weighted by molar-refractivity contribution is 6.30. The smallest absolute Gasteiger partial charge is 0.328 e. The molecule has 1 atom stereocenters. The quantitative estimate of drug-likeness (QED) is 0.660. The van der Waals surface area contributed by atoms with E-state index in [4.69, 9.17) is 16.3 Å². The Balaban J connectivity index is 1.70. The van der Waals surface area contributed by atoms with Crippen LogP contribution in [0.2, 0.25) is 5.02 Å². The van der Waals surface area contributed by atoms with Crippen LogP contribution in [0.1, 0.15) is 22.8 Å². The van der Waals surface area contributed by atoms with Gasteiger partial charge < -0.3 is 15.4 Å². The second-order valence-electron chi connectivity index (χ2n) is 6.00. The number of amides is 2. The second kappa shape index (κ2) is 10.4. The van der Waals surface area contributed by atoms with Gasteiger partial charge in [0.15, 0.2) is 6.61 Å². The molecule has 0 unspecified atom stereocenters. The van der Waals surface area contributed by atoms with Crippen molar-refractivity contribution in [1.82, 2.24) is 10.6 Å². The highest BCUT2D eigenvalue weighted by Gasteiger charge is 2.19. The second-order valence-corrected chi connectivity index (χ2v) is 6.44. The molecular weight excluding hydrogens is 387 g/mol. The lowest BCUT2D eigenvalue weighted by atomic mass is 10.1. The van der Waals surface area contributed by atoms with Gasteiger partial charge in [0.25, 0.3) is 11.8 Å². The van der Waals surface area contributed by atoms with Crippen molar-refractivity contribution in [2.24, 2.45) is 0 Å². The summed E-state index contributed by atoms with van der Waals surface area (Å²) in [7, 11) is 0. The Bertz CT molecular complexity index is 842. The molecule has 0 aromatic heterocycles. The van der Waals surface area contributed by atoms with Crippen LogP contribution >= 0.6 is 11.6 Å². The van der Waals surface area contributed by atoms with E-state index in [0.717, 1.165) is 0 Å². The molecule has 0 fully saturated rings. The molecule has 0 aliphatic rings. The maximum atomic E-state index is 13.5. The van der Waals surface area contributed by atoms with Crippen LogP contribution in [0.3, 0.4) is 0 Å². The number of benzene rings is 2. The summed E-state index contributed by atoms with van der Waals surface area (Å²) in [6.45, 7) is 1.17. The van der Waals surface area contributed by atoms with E-state index in [1.807, 2.05) is 0 Å². The lowest BCUT2D eigenvalue weighted by Crippen LogP contribution is -2.41. The number of carbonyl (C=O) groups excluding carboxylic acids is 3. The van der Waals surface area contributed by atoms with Crippen molar-refractivity contribution in [3.05, 3.63) is 70.5 Å². The minimum Gasteiger partial charge on any atom is -0.454 e. The Labute approximate surface area is 167 Å². The molecule has 2 aromatic rings. The molecule has 0 spiro atoms. The van der Waals surface area contributed by atoms with E-state index < -0.39 is 30.4 Å². The Morgan fingerprint density at radius 1 is 1.11 bits per heavy atom. The summed E-state index contributed by atoms with van der Waals surface area (Å²) in [5, 5.41) is 5.51. The molecule has 0 radical (unpaired) electrons. The first-order valence-electron chi connectivity index (χ1n) is 8.60. The number of carbonyl (C=O) groups is 3. The number of hydrogen-bond acceptors (Lipinski definition) is 4. The fraction of sp³-hybridized carbons (Fsp3) is 0.250. The summed E-state index contributed by atoms with van der Waals surface area (Å²) in [6, 6.07) is 11.5. The van der Waals surface area contributed by atoms with Crippen LogP contribution in [-0.4, -0.2) is 37.0 Å². The van der Waals surface area contributed by atoms with Crippen LogP contribution in [0.5, 0.6) is 0 Å². The standard InChI is InChI=1S/C20H20ClFN2O4/c1-13(24-19(26)15-6-8-16(21)9-7-15)20(27)28-12-18(25)23-11-10-14-4-2-3-5-17(14)22/h2-9,13H,10-12H2,1H3,(H,23,25)(H,24,26)/t13-/m0/s1. The summed E-state index contributed by atoms with van der Waals surface area (Å²) in [5.74, 6) is -2.06. The monoisotopic (exact) mass is 406 g/mol. The largest absolute Gasteiger partial charge is 0.454 e. The fourth-order valence-electron chi connectivity index (χ4n) is 2.29. The molecule has 0 saturated heterocycles. The number of ether oxygens (including phenoxy) is 1. The summed E-state index contributed by atoms with van der Waals surface area (Å²) in [4.78, 5) is 35.7. The summed E-state index contributed by atoms with van der Waals surface area (Å²) < 4.78 is 18.4. The van der Waals surface area contributed by atoms with Gasteiger partial charge in [-0.25, -0.2) is 9.18 Å². The first kappa shape index (κ1) is 21.4. The highest BCUT2D eigenvalue weighted by Crippen LogP contribution is 2.09. The van der Waals surface area contributed by atoms with Crippen LogP contribution in [0.4, 0.5) is 4.39 Å². The van der Waals surface area contributed by atoms with E-state index in [1.54, 1.807) is 30.3 Å². The summed E-state index contributed by atoms with van der Waals surface area (Å²) in [5.41, 5.74) is 0.827. The third-order valence-electron chi connectivity index (χ3n) is 3.83. The highest BCUT2D eigenvalue weighted by atomic mass is 35.5. The minimum absolute atomic E-state index is 0.209. The molecule has 0 heterocycles. The van der Waals surface area contributed by atoms with Crippen molar-refractivity contribution < 1.29 is 23.5 Å². The Hall–Kier alpha value is -2.93. The van der Waals surface area contributed by atoms with Crippen molar-refractivity contribution in [3.8, 4) is 0 Å². The lowest BCUT2D eigenvalue weighted by Gasteiger charge is -2.13. The minimum atomic E-state index is -0.936. The van der Waals surface area contributed by atoms with Crippen LogP contribution in [-0.2, 0) is 20.7 Å². The van der Waals surface area contributed by atoms with Gasteiger partial charge in [0.1, 0.15) is 11.9 Å². The molecule has 2 amide bonds. The van der Waals surface area contributed by atoms with Crippen molar-refractivity contribution in [2.75, 3.05) is 13.2 Å². The topological polar surface area (TPSA) is 84.5 Å². The summed E-state index contributed by atoms with van der Waals surface area (Å²) in [6.07, 6.45) is 0.319. The third kappa shape index (κ3) is 6.66. The molecule has 0 bridgehead atoms. The number of esters is 1. The van der Waals surface area contributed by atoms with Crippen molar-refractivity contribution in [2.45, 2.75) is 19.4 Å². The van der Waals surface area contributed by atoms with Gasteiger partial charge in [0.05, 0.1) is 0 Å². The van der Waals surface area contributed by atoms with Crippen molar-refractivity contribution in [3.63, 3.8) is 0 Å². The van der Waals surface area contributed by atoms with Gasteiger partial charge >= 0.3 is 5.97 Å². The van der Waals surface area contributed by atoms with E-state index in [-0.39, 0.29) is 12.4 Å². The van der Waals surface area contributed by atoms with Crippen molar-refractivity contribution >= 4 is 29.4 Å². The Morgan fingerprint density at radius 3 is 2.46 bits per heavy atom. The molecule has 148 valence electrons. The molecule has 2 aromatic carbocycles.